The van der Waals surface area contributed by atoms with E-state index in [2.05, 4.69) is 33.4 Å². The number of pyridine rings is 1. The van der Waals surface area contributed by atoms with Crippen LogP contribution in [0.15, 0.2) is 30.5 Å². The van der Waals surface area contributed by atoms with Crippen molar-refractivity contribution in [2.75, 3.05) is 23.3 Å². The summed E-state index contributed by atoms with van der Waals surface area (Å²) in [5.74, 6) is 0.328. The van der Waals surface area contributed by atoms with E-state index in [9.17, 15) is 4.79 Å². The molecule has 2 heterocycles. The van der Waals surface area contributed by atoms with Crippen LogP contribution in [-0.4, -0.2) is 24.0 Å². The van der Waals surface area contributed by atoms with E-state index in [1.165, 1.54) is 69.9 Å². The normalized spacial score (nSPS) is 19.8. The van der Waals surface area contributed by atoms with Gasteiger partial charge in [-0.3, -0.25) is 9.78 Å². The molecule has 29 heavy (non-hydrogen) atoms. The smallest absolute Gasteiger partial charge is 0.227 e. The van der Waals surface area contributed by atoms with Crippen LogP contribution in [0.4, 0.5) is 11.4 Å². The zero-order valence-corrected chi connectivity index (χ0v) is 17.7. The van der Waals surface area contributed by atoms with Gasteiger partial charge < -0.3 is 10.2 Å². The number of aromatic nitrogens is 1. The molecule has 4 heteroatoms. The minimum absolute atomic E-state index is 0.133. The molecule has 0 atom stereocenters. The van der Waals surface area contributed by atoms with Crippen LogP contribution in [0.3, 0.4) is 0 Å². The lowest BCUT2D eigenvalue weighted by molar-refractivity contribution is -0.120. The fraction of sp³-hybridized carbons (Fsp3) is 0.600. The molecule has 0 unspecified atom stereocenters. The number of para-hydroxylation sites is 1. The van der Waals surface area contributed by atoms with Crippen LogP contribution < -0.4 is 10.2 Å². The van der Waals surface area contributed by atoms with E-state index in [1.807, 2.05) is 12.3 Å². The number of hydrogen-bond acceptors (Lipinski definition) is 3. The van der Waals surface area contributed by atoms with Crippen molar-refractivity contribution in [3.8, 4) is 0 Å². The minimum Gasteiger partial charge on any atom is -0.369 e. The van der Waals surface area contributed by atoms with E-state index >= 15 is 0 Å². The van der Waals surface area contributed by atoms with Gasteiger partial charge in [-0.1, -0.05) is 63.1 Å². The molecule has 1 aromatic heterocycles. The largest absolute Gasteiger partial charge is 0.369 e. The van der Waals surface area contributed by atoms with Crippen molar-refractivity contribution in [2.24, 2.45) is 5.92 Å². The van der Waals surface area contributed by atoms with Crippen LogP contribution in [0.25, 0.3) is 10.9 Å². The molecule has 1 saturated heterocycles. The summed E-state index contributed by atoms with van der Waals surface area (Å²) in [7, 11) is 0. The average molecular weight is 394 g/mol. The molecular formula is C25H35N3O. The Morgan fingerprint density at radius 2 is 1.48 bits per heavy atom. The van der Waals surface area contributed by atoms with Crippen molar-refractivity contribution < 1.29 is 4.79 Å². The monoisotopic (exact) mass is 393 g/mol. The fourth-order valence-corrected chi connectivity index (χ4v) is 4.98. The maximum absolute atomic E-state index is 13.2. The molecule has 0 bridgehead atoms. The first kappa shape index (κ1) is 20.2. The highest BCUT2D eigenvalue weighted by Gasteiger charge is 2.23. The number of nitrogens with one attached hydrogen (secondary N) is 1. The van der Waals surface area contributed by atoms with Gasteiger partial charge in [0.15, 0.2) is 0 Å². The summed E-state index contributed by atoms with van der Waals surface area (Å²) in [4.78, 5) is 20.4. The Kier molecular flexibility index (Phi) is 7.02. The quantitative estimate of drug-likeness (QED) is 0.665. The Labute approximate surface area is 175 Å². The van der Waals surface area contributed by atoms with Gasteiger partial charge in [0.25, 0.3) is 0 Å². The Balaban J connectivity index is 1.58. The van der Waals surface area contributed by atoms with Gasteiger partial charge in [-0.05, 0) is 38.2 Å². The van der Waals surface area contributed by atoms with E-state index in [0.717, 1.165) is 42.5 Å². The number of hydrogen-bond donors (Lipinski definition) is 1. The lowest BCUT2D eigenvalue weighted by Crippen LogP contribution is -2.31. The number of carbonyl (C=O) groups is 1. The van der Waals surface area contributed by atoms with Gasteiger partial charge in [-0.25, -0.2) is 0 Å². The molecule has 1 aliphatic heterocycles. The minimum atomic E-state index is 0.133. The molecule has 1 aromatic carbocycles. The Hall–Kier alpha value is -2.10. The number of anilines is 2. The van der Waals surface area contributed by atoms with E-state index in [1.54, 1.807) is 0 Å². The predicted molar refractivity (Wildman–Crippen MR) is 121 cm³/mol. The highest BCUT2D eigenvalue weighted by atomic mass is 16.1. The molecule has 2 aromatic rings. The number of piperidine rings is 1. The molecule has 1 amide bonds. The van der Waals surface area contributed by atoms with E-state index in [0.29, 0.717) is 0 Å². The lowest BCUT2D eigenvalue weighted by atomic mass is 9.91. The number of fused-ring (bicyclic) bond motifs is 1. The van der Waals surface area contributed by atoms with Gasteiger partial charge in [0, 0.05) is 24.4 Å². The molecule has 0 spiro atoms. The summed E-state index contributed by atoms with van der Waals surface area (Å²) < 4.78 is 0. The molecule has 1 N–H and O–H groups in total. The number of carbonyl (C=O) groups excluding carboxylic acids is 1. The lowest BCUT2D eigenvalue weighted by Gasteiger charge is -2.32. The van der Waals surface area contributed by atoms with Crippen molar-refractivity contribution in [2.45, 2.75) is 77.0 Å². The summed E-state index contributed by atoms with van der Waals surface area (Å²) in [6.07, 6.45) is 16.5. The third kappa shape index (κ3) is 5.09. The summed E-state index contributed by atoms with van der Waals surface area (Å²) in [6, 6.07) is 8.32. The van der Waals surface area contributed by atoms with Crippen molar-refractivity contribution in [1.29, 1.82) is 0 Å². The Morgan fingerprint density at radius 3 is 2.21 bits per heavy atom. The molecule has 2 aliphatic rings. The first-order valence-electron chi connectivity index (χ1n) is 11.8. The van der Waals surface area contributed by atoms with Crippen molar-refractivity contribution in [3.05, 3.63) is 30.5 Å². The van der Waals surface area contributed by atoms with Gasteiger partial charge in [0.1, 0.15) is 0 Å². The Bertz CT molecular complexity index is 803. The van der Waals surface area contributed by atoms with E-state index < -0.39 is 0 Å². The molecule has 4 nitrogen and oxygen atoms in total. The van der Waals surface area contributed by atoms with E-state index in [4.69, 9.17) is 0 Å². The molecule has 2 fully saturated rings. The molecule has 1 aliphatic carbocycles. The summed E-state index contributed by atoms with van der Waals surface area (Å²) in [5, 5.41) is 4.46. The van der Waals surface area contributed by atoms with Crippen LogP contribution in [0.2, 0.25) is 0 Å². The van der Waals surface area contributed by atoms with Gasteiger partial charge in [0.05, 0.1) is 23.1 Å². The number of amides is 1. The van der Waals surface area contributed by atoms with Crippen LogP contribution in [-0.2, 0) is 4.79 Å². The van der Waals surface area contributed by atoms with E-state index in [-0.39, 0.29) is 11.8 Å². The molecule has 1 saturated carbocycles. The first-order chi connectivity index (χ1) is 14.3. The molecule has 156 valence electrons. The highest BCUT2D eigenvalue weighted by molar-refractivity contribution is 6.03. The molecule has 0 radical (unpaired) electrons. The average Bonchev–Trinajstić information content (AvgIpc) is 2.77. The summed E-state index contributed by atoms with van der Waals surface area (Å²) in [5.41, 5.74) is 3.07. The predicted octanol–water partition coefficient (Wildman–Crippen LogP) is 6.30. The van der Waals surface area contributed by atoms with Crippen molar-refractivity contribution in [1.82, 2.24) is 4.98 Å². The SMILES string of the molecule is O=C(Nc1cnc2ccccc2c1N1CCCCC1)C1CCCCCCCCC1. The third-order valence-electron chi connectivity index (χ3n) is 6.65. The zero-order chi connectivity index (χ0) is 19.9. The third-order valence-corrected chi connectivity index (χ3v) is 6.65. The van der Waals surface area contributed by atoms with Gasteiger partial charge >= 0.3 is 0 Å². The summed E-state index contributed by atoms with van der Waals surface area (Å²) in [6.45, 7) is 2.11. The molecular weight excluding hydrogens is 358 g/mol. The van der Waals surface area contributed by atoms with Gasteiger partial charge in [-0.2, -0.15) is 0 Å². The fourth-order valence-electron chi connectivity index (χ4n) is 4.98. The Morgan fingerprint density at radius 1 is 0.862 bits per heavy atom. The van der Waals surface area contributed by atoms with Gasteiger partial charge in [-0.15, -0.1) is 0 Å². The number of nitrogens with zero attached hydrogens (tertiary/aromatic N) is 2. The van der Waals surface area contributed by atoms with Crippen LogP contribution in [0, 0.1) is 5.92 Å². The van der Waals surface area contributed by atoms with Crippen LogP contribution in [0.1, 0.15) is 77.0 Å². The molecule has 4 rings (SSSR count). The maximum Gasteiger partial charge on any atom is 0.227 e. The number of rotatable bonds is 3. The number of benzene rings is 1. The van der Waals surface area contributed by atoms with Crippen LogP contribution in [0.5, 0.6) is 0 Å². The van der Waals surface area contributed by atoms with Gasteiger partial charge in [0.2, 0.25) is 5.91 Å². The van der Waals surface area contributed by atoms with Crippen molar-refractivity contribution >= 4 is 28.2 Å². The second-order valence-corrected chi connectivity index (χ2v) is 8.82. The zero-order valence-electron chi connectivity index (χ0n) is 17.7. The first-order valence-corrected chi connectivity index (χ1v) is 11.8. The topological polar surface area (TPSA) is 45.2 Å². The highest BCUT2D eigenvalue weighted by Crippen LogP contribution is 2.35. The maximum atomic E-state index is 13.2. The standard InChI is InChI=1S/C25H35N3O/c29-25(20-13-7-4-2-1-3-5-8-14-20)27-23-19-26-22-16-10-9-15-21(22)24(23)28-17-11-6-12-18-28/h9-10,15-16,19-20H,1-8,11-14,17-18H2,(H,27,29). The van der Waals surface area contributed by atoms with Crippen LogP contribution >= 0.6 is 0 Å². The second kappa shape index (κ2) is 10.1. The second-order valence-electron chi connectivity index (χ2n) is 8.82. The van der Waals surface area contributed by atoms with Crippen molar-refractivity contribution in [3.63, 3.8) is 0 Å². The summed E-state index contributed by atoms with van der Waals surface area (Å²) >= 11 is 0.